The summed E-state index contributed by atoms with van der Waals surface area (Å²) in [7, 11) is -0.948. The maximum Gasteiger partial charge on any atom is 0.148 e. The van der Waals surface area contributed by atoms with E-state index >= 15 is 0 Å². The predicted molar refractivity (Wildman–Crippen MR) is 89.1 cm³/mol. The summed E-state index contributed by atoms with van der Waals surface area (Å²) in [5.41, 5.74) is 2.58. The van der Waals surface area contributed by atoms with Crippen molar-refractivity contribution < 1.29 is 8.42 Å². The van der Waals surface area contributed by atoms with Crippen LogP contribution >= 0.6 is 0 Å². The van der Waals surface area contributed by atoms with E-state index in [1.165, 1.54) is 17.4 Å². The Morgan fingerprint density at radius 1 is 1.14 bits per heavy atom. The van der Waals surface area contributed by atoms with Crippen molar-refractivity contribution in [1.82, 2.24) is 10.2 Å². The van der Waals surface area contributed by atoms with Gasteiger partial charge in [-0.1, -0.05) is 24.3 Å². The fourth-order valence-corrected chi connectivity index (χ4v) is 2.58. The van der Waals surface area contributed by atoms with Crippen LogP contribution in [0.2, 0.25) is 0 Å². The minimum atomic E-state index is -2.91. The van der Waals surface area contributed by atoms with Crippen molar-refractivity contribution in [3.63, 3.8) is 0 Å². The summed E-state index contributed by atoms with van der Waals surface area (Å²) in [6.45, 7) is 8.58. The van der Waals surface area contributed by atoms with Gasteiger partial charge in [0.05, 0.1) is 5.75 Å². The van der Waals surface area contributed by atoms with Crippen LogP contribution < -0.4 is 5.32 Å². The first-order valence-corrected chi connectivity index (χ1v) is 9.31. The van der Waals surface area contributed by atoms with Gasteiger partial charge in [-0.25, -0.2) is 8.42 Å². The van der Waals surface area contributed by atoms with Gasteiger partial charge in [0.2, 0.25) is 0 Å². The quantitative estimate of drug-likeness (QED) is 0.837. The van der Waals surface area contributed by atoms with Gasteiger partial charge in [0, 0.05) is 31.4 Å². The van der Waals surface area contributed by atoms with E-state index < -0.39 is 9.84 Å². The van der Waals surface area contributed by atoms with E-state index in [1.54, 1.807) is 0 Å². The van der Waals surface area contributed by atoms with Crippen LogP contribution in [0.1, 0.15) is 31.9 Å². The van der Waals surface area contributed by atoms with Crippen molar-refractivity contribution in [3.05, 3.63) is 35.4 Å². The van der Waals surface area contributed by atoms with E-state index in [2.05, 4.69) is 43.1 Å². The Labute approximate surface area is 129 Å². The minimum absolute atomic E-state index is 0.0787. The third-order valence-electron chi connectivity index (χ3n) is 3.21. The highest BCUT2D eigenvalue weighted by Gasteiger charge is 2.12. The third kappa shape index (κ3) is 8.19. The summed E-state index contributed by atoms with van der Waals surface area (Å²) in [5, 5.41) is 3.49. The molecule has 0 atom stereocenters. The Hall–Kier alpha value is -0.910. The molecule has 1 N–H and O–H groups in total. The van der Waals surface area contributed by atoms with Crippen LogP contribution in [-0.4, -0.2) is 44.5 Å². The number of rotatable bonds is 7. The van der Waals surface area contributed by atoms with Crippen molar-refractivity contribution in [1.29, 1.82) is 0 Å². The molecule has 0 heterocycles. The molecule has 0 bridgehead atoms. The molecule has 1 rings (SSSR count). The maximum absolute atomic E-state index is 11.2. The van der Waals surface area contributed by atoms with Gasteiger partial charge >= 0.3 is 0 Å². The van der Waals surface area contributed by atoms with E-state index in [0.717, 1.165) is 13.1 Å². The second kappa shape index (κ2) is 7.38. The van der Waals surface area contributed by atoms with Crippen molar-refractivity contribution in [3.8, 4) is 0 Å². The summed E-state index contributed by atoms with van der Waals surface area (Å²) in [4.78, 5) is 2.05. The van der Waals surface area contributed by atoms with Gasteiger partial charge in [-0.3, -0.25) is 0 Å². The fourth-order valence-electron chi connectivity index (χ4n) is 1.94. The van der Waals surface area contributed by atoms with Crippen LogP contribution in [-0.2, 0) is 22.9 Å². The molecule has 0 amide bonds. The lowest BCUT2D eigenvalue weighted by Crippen LogP contribution is -2.35. The van der Waals surface area contributed by atoms with Crippen molar-refractivity contribution in [2.45, 2.75) is 39.4 Å². The Bertz CT molecular complexity index is 548. The van der Waals surface area contributed by atoms with Crippen molar-refractivity contribution >= 4 is 9.84 Å². The molecule has 21 heavy (non-hydrogen) atoms. The summed E-state index contributed by atoms with van der Waals surface area (Å²) < 4.78 is 22.5. The first-order chi connectivity index (χ1) is 9.57. The smallest absolute Gasteiger partial charge is 0.148 e. The largest absolute Gasteiger partial charge is 0.308 e. The molecule has 0 aromatic heterocycles. The molecule has 0 aliphatic heterocycles. The summed E-state index contributed by atoms with van der Waals surface area (Å²) >= 11 is 0. The normalized spacial score (nSPS) is 12.9. The van der Waals surface area contributed by atoms with E-state index in [-0.39, 0.29) is 11.3 Å². The van der Waals surface area contributed by atoms with Crippen molar-refractivity contribution in [2.75, 3.05) is 25.6 Å². The van der Waals surface area contributed by atoms with Gasteiger partial charge in [-0.2, -0.15) is 0 Å². The Morgan fingerprint density at radius 2 is 1.71 bits per heavy atom. The monoisotopic (exact) mass is 312 g/mol. The molecule has 0 fully saturated rings. The minimum Gasteiger partial charge on any atom is -0.308 e. The van der Waals surface area contributed by atoms with Crippen LogP contribution in [0.25, 0.3) is 0 Å². The highest BCUT2D eigenvalue weighted by molar-refractivity contribution is 7.90. The highest BCUT2D eigenvalue weighted by atomic mass is 32.2. The van der Waals surface area contributed by atoms with Gasteiger partial charge in [-0.15, -0.1) is 0 Å². The molecule has 120 valence electrons. The van der Waals surface area contributed by atoms with Crippen LogP contribution in [0.4, 0.5) is 0 Å². The lowest BCUT2D eigenvalue weighted by molar-refractivity contribution is 0.343. The lowest BCUT2D eigenvalue weighted by Gasteiger charge is -2.23. The first-order valence-electron chi connectivity index (χ1n) is 7.25. The molecule has 0 radical (unpaired) electrons. The molecule has 0 aliphatic rings. The molecule has 0 spiro atoms. The Balaban J connectivity index is 2.66. The summed E-state index contributed by atoms with van der Waals surface area (Å²) in [6.07, 6.45) is 1.28. The molecule has 0 aliphatic carbocycles. The maximum atomic E-state index is 11.2. The van der Waals surface area contributed by atoms with E-state index in [0.29, 0.717) is 6.54 Å². The van der Waals surface area contributed by atoms with Gasteiger partial charge in [-0.05, 0) is 38.9 Å². The first kappa shape index (κ1) is 18.1. The molecule has 1 aromatic rings. The zero-order valence-corrected chi connectivity index (χ0v) is 14.6. The number of sulfone groups is 1. The number of nitrogens with zero attached hydrogens (tertiary/aromatic N) is 1. The SMILES string of the molecule is CN(CCS(C)(=O)=O)Cc1ccccc1CNC(C)(C)C. The summed E-state index contributed by atoms with van der Waals surface area (Å²) in [6, 6.07) is 8.30. The van der Waals surface area contributed by atoms with Gasteiger partial charge in [0.1, 0.15) is 9.84 Å². The van der Waals surface area contributed by atoms with Crippen LogP contribution in [0.5, 0.6) is 0 Å². The van der Waals surface area contributed by atoms with Crippen LogP contribution in [0.3, 0.4) is 0 Å². The summed E-state index contributed by atoms with van der Waals surface area (Å²) in [5.74, 6) is 0.200. The zero-order chi connectivity index (χ0) is 16.1. The van der Waals surface area contributed by atoms with E-state index in [4.69, 9.17) is 0 Å². The molecule has 0 unspecified atom stereocenters. The second-order valence-corrected chi connectivity index (χ2v) is 9.00. The molecular weight excluding hydrogens is 284 g/mol. The van der Waals surface area contributed by atoms with Gasteiger partial charge in [0.15, 0.2) is 0 Å². The second-order valence-electron chi connectivity index (χ2n) is 6.74. The number of hydrogen-bond donors (Lipinski definition) is 1. The zero-order valence-electron chi connectivity index (χ0n) is 13.8. The predicted octanol–water partition coefficient (Wildman–Crippen LogP) is 2.05. The average Bonchev–Trinajstić information content (AvgIpc) is 2.33. The standard InChI is InChI=1S/C16H28N2O2S/c1-16(2,3)17-12-14-8-6-7-9-15(14)13-18(4)10-11-21(5,19)20/h6-9,17H,10-13H2,1-5H3. The molecule has 1 aromatic carbocycles. The molecular formula is C16H28N2O2S. The van der Waals surface area contributed by atoms with Gasteiger partial charge < -0.3 is 10.2 Å². The molecule has 0 saturated carbocycles. The topological polar surface area (TPSA) is 49.4 Å². The number of nitrogens with one attached hydrogen (secondary N) is 1. The van der Waals surface area contributed by atoms with E-state index in [9.17, 15) is 8.42 Å². The lowest BCUT2D eigenvalue weighted by atomic mass is 10.0. The molecule has 0 saturated heterocycles. The van der Waals surface area contributed by atoms with Crippen LogP contribution in [0, 0.1) is 0 Å². The highest BCUT2D eigenvalue weighted by Crippen LogP contribution is 2.12. The number of benzene rings is 1. The Morgan fingerprint density at radius 3 is 2.24 bits per heavy atom. The average molecular weight is 312 g/mol. The fraction of sp³-hybridized carbons (Fsp3) is 0.625. The molecule has 4 nitrogen and oxygen atoms in total. The molecule has 5 heteroatoms. The number of hydrogen-bond acceptors (Lipinski definition) is 4. The van der Waals surface area contributed by atoms with E-state index in [1.807, 2.05) is 19.2 Å². The van der Waals surface area contributed by atoms with Crippen LogP contribution in [0.15, 0.2) is 24.3 Å². The third-order valence-corrected chi connectivity index (χ3v) is 4.14. The Kier molecular flexibility index (Phi) is 6.38. The van der Waals surface area contributed by atoms with Crippen molar-refractivity contribution in [2.24, 2.45) is 0 Å². The van der Waals surface area contributed by atoms with Gasteiger partial charge in [0.25, 0.3) is 0 Å².